The van der Waals surface area contributed by atoms with Crippen LogP contribution >= 0.6 is 0 Å². The molecule has 0 saturated carbocycles. The number of methoxy groups -OCH3 is 1. The normalized spacial score (nSPS) is 11.3. The minimum Gasteiger partial charge on any atom is -0.383 e. The molecule has 1 amide bonds. The number of nitrogens with one attached hydrogen (secondary N) is 2. The van der Waals surface area contributed by atoms with Gasteiger partial charge in [-0.1, -0.05) is 6.07 Å². The summed E-state index contributed by atoms with van der Waals surface area (Å²) in [4.78, 5) is 16.4. The van der Waals surface area contributed by atoms with E-state index in [1.807, 2.05) is 0 Å². The second-order valence-electron chi connectivity index (χ2n) is 5.41. The Kier molecular flexibility index (Phi) is 6.63. The molecule has 0 aliphatic carbocycles. The quantitative estimate of drug-likeness (QED) is 0.688. The predicted octanol–water partition coefficient (Wildman–Crippen LogP) is 1.24. The molecule has 0 atom stereocenters. The highest BCUT2D eigenvalue weighted by Crippen LogP contribution is 2.16. The van der Waals surface area contributed by atoms with Crippen LogP contribution in [0.5, 0.6) is 0 Å². The summed E-state index contributed by atoms with van der Waals surface area (Å²) in [6.45, 7) is 2.53. The molecule has 0 radical (unpaired) electrons. The van der Waals surface area contributed by atoms with Crippen molar-refractivity contribution in [3.8, 4) is 0 Å². The molecule has 1 heterocycles. The highest BCUT2D eigenvalue weighted by molar-refractivity contribution is 7.89. The van der Waals surface area contributed by atoms with Crippen LogP contribution in [0.3, 0.4) is 0 Å². The molecule has 2 aromatic rings. The number of carbonyl (C=O) groups is 1. The predicted molar refractivity (Wildman–Crippen MR) is 93.7 cm³/mol. The summed E-state index contributed by atoms with van der Waals surface area (Å²) < 4.78 is 31.8. The molecule has 25 heavy (non-hydrogen) atoms. The first-order valence-electron chi connectivity index (χ1n) is 7.70. The Balaban J connectivity index is 2.13. The van der Waals surface area contributed by atoms with E-state index in [4.69, 9.17) is 4.74 Å². The highest BCUT2D eigenvalue weighted by atomic mass is 32.2. The molecule has 2 rings (SSSR count). The molecule has 0 aliphatic rings. The van der Waals surface area contributed by atoms with Crippen LogP contribution in [0.25, 0.3) is 0 Å². The van der Waals surface area contributed by atoms with E-state index in [0.717, 1.165) is 5.56 Å². The van der Waals surface area contributed by atoms with Gasteiger partial charge < -0.3 is 10.1 Å². The van der Waals surface area contributed by atoms with Gasteiger partial charge in [-0.05, 0) is 42.3 Å². The average Bonchev–Trinajstić information content (AvgIpc) is 2.61. The SMILES string of the molecule is COCCNS(=O)(=O)c1ccc(C)c(C(=O)NCc2ccncc2)c1. The van der Waals surface area contributed by atoms with E-state index in [9.17, 15) is 13.2 Å². The lowest BCUT2D eigenvalue weighted by atomic mass is 10.1. The Hall–Kier alpha value is -2.29. The zero-order chi connectivity index (χ0) is 18.3. The summed E-state index contributed by atoms with van der Waals surface area (Å²) in [5.74, 6) is -0.330. The minimum atomic E-state index is -3.69. The van der Waals surface area contributed by atoms with E-state index < -0.39 is 10.0 Å². The fourth-order valence-corrected chi connectivity index (χ4v) is 3.19. The van der Waals surface area contributed by atoms with Gasteiger partial charge in [0, 0.05) is 38.2 Å². The third-order valence-corrected chi connectivity index (χ3v) is 5.02. The van der Waals surface area contributed by atoms with Gasteiger partial charge in [-0.15, -0.1) is 0 Å². The number of pyridine rings is 1. The van der Waals surface area contributed by atoms with Crippen LogP contribution in [-0.4, -0.2) is 39.6 Å². The Bertz CT molecular complexity index is 823. The Morgan fingerprint density at radius 2 is 1.92 bits per heavy atom. The van der Waals surface area contributed by atoms with Crippen LogP contribution in [0.15, 0.2) is 47.6 Å². The molecule has 0 saturated heterocycles. The summed E-state index contributed by atoms with van der Waals surface area (Å²) in [5, 5.41) is 2.79. The molecule has 1 aromatic carbocycles. The number of amides is 1. The molecule has 0 aliphatic heterocycles. The summed E-state index contributed by atoms with van der Waals surface area (Å²) in [6.07, 6.45) is 3.29. The average molecular weight is 363 g/mol. The van der Waals surface area contributed by atoms with Crippen molar-refractivity contribution in [2.75, 3.05) is 20.3 Å². The third-order valence-electron chi connectivity index (χ3n) is 3.56. The van der Waals surface area contributed by atoms with Gasteiger partial charge in [-0.2, -0.15) is 0 Å². The van der Waals surface area contributed by atoms with Gasteiger partial charge in [0.05, 0.1) is 11.5 Å². The Labute approximate surface area is 147 Å². The molecular formula is C17H21N3O4S. The van der Waals surface area contributed by atoms with Crippen molar-refractivity contribution in [2.45, 2.75) is 18.4 Å². The van der Waals surface area contributed by atoms with Crippen molar-refractivity contribution >= 4 is 15.9 Å². The van der Waals surface area contributed by atoms with Crippen molar-refractivity contribution in [3.63, 3.8) is 0 Å². The zero-order valence-corrected chi connectivity index (χ0v) is 15.0. The first-order valence-corrected chi connectivity index (χ1v) is 9.18. The summed E-state index contributed by atoms with van der Waals surface area (Å²) in [6, 6.07) is 8.07. The monoisotopic (exact) mass is 363 g/mol. The van der Waals surface area contributed by atoms with Gasteiger partial charge in [0.15, 0.2) is 0 Å². The minimum absolute atomic E-state index is 0.0447. The summed E-state index contributed by atoms with van der Waals surface area (Å²) in [7, 11) is -2.20. The van der Waals surface area contributed by atoms with Crippen molar-refractivity contribution in [2.24, 2.45) is 0 Å². The summed E-state index contributed by atoms with van der Waals surface area (Å²) >= 11 is 0. The lowest BCUT2D eigenvalue weighted by Crippen LogP contribution is -2.28. The third kappa shape index (κ3) is 5.35. The highest BCUT2D eigenvalue weighted by Gasteiger charge is 2.17. The van der Waals surface area contributed by atoms with Crippen LogP contribution < -0.4 is 10.0 Å². The van der Waals surface area contributed by atoms with Gasteiger partial charge in [0.25, 0.3) is 5.91 Å². The number of aryl methyl sites for hydroxylation is 1. The Morgan fingerprint density at radius 3 is 2.60 bits per heavy atom. The smallest absolute Gasteiger partial charge is 0.251 e. The van der Waals surface area contributed by atoms with Crippen LogP contribution in [0.1, 0.15) is 21.5 Å². The number of carbonyl (C=O) groups excluding carboxylic acids is 1. The van der Waals surface area contributed by atoms with Crippen LogP contribution in [0, 0.1) is 6.92 Å². The van der Waals surface area contributed by atoms with E-state index in [2.05, 4.69) is 15.0 Å². The topological polar surface area (TPSA) is 97.4 Å². The first-order chi connectivity index (χ1) is 11.9. The van der Waals surface area contributed by atoms with Crippen molar-refractivity contribution in [1.82, 2.24) is 15.0 Å². The van der Waals surface area contributed by atoms with E-state index >= 15 is 0 Å². The lowest BCUT2D eigenvalue weighted by molar-refractivity contribution is 0.0950. The fraction of sp³-hybridized carbons (Fsp3) is 0.294. The van der Waals surface area contributed by atoms with Crippen LogP contribution in [0.4, 0.5) is 0 Å². The maximum absolute atomic E-state index is 12.4. The number of ether oxygens (including phenoxy) is 1. The van der Waals surface area contributed by atoms with E-state index in [-0.39, 0.29) is 24.0 Å². The van der Waals surface area contributed by atoms with Crippen molar-refractivity contribution < 1.29 is 17.9 Å². The second kappa shape index (κ2) is 8.70. The first kappa shape index (κ1) is 19.0. The number of sulfonamides is 1. The molecule has 8 heteroatoms. The largest absolute Gasteiger partial charge is 0.383 e. The van der Waals surface area contributed by atoms with Gasteiger partial charge in [-0.3, -0.25) is 9.78 Å². The molecule has 1 aromatic heterocycles. The number of aromatic nitrogens is 1. The lowest BCUT2D eigenvalue weighted by Gasteiger charge is -2.11. The fourth-order valence-electron chi connectivity index (χ4n) is 2.15. The number of benzene rings is 1. The van der Waals surface area contributed by atoms with Gasteiger partial charge >= 0.3 is 0 Å². The molecule has 0 unspecified atom stereocenters. The van der Waals surface area contributed by atoms with Gasteiger partial charge in [-0.25, -0.2) is 13.1 Å². The zero-order valence-electron chi connectivity index (χ0n) is 14.2. The number of hydrogen-bond donors (Lipinski definition) is 2. The van der Waals surface area contributed by atoms with E-state index in [0.29, 0.717) is 17.7 Å². The van der Waals surface area contributed by atoms with Gasteiger partial charge in [0.2, 0.25) is 10.0 Å². The van der Waals surface area contributed by atoms with E-state index in [1.54, 1.807) is 37.5 Å². The second-order valence-corrected chi connectivity index (χ2v) is 7.17. The molecule has 7 nitrogen and oxygen atoms in total. The maximum atomic E-state index is 12.4. The van der Waals surface area contributed by atoms with Crippen molar-refractivity contribution in [1.29, 1.82) is 0 Å². The summed E-state index contributed by atoms with van der Waals surface area (Å²) in [5.41, 5.74) is 1.93. The standard InChI is InChI=1S/C17H21N3O4S/c1-13-3-4-15(25(22,23)20-9-10-24-2)11-16(13)17(21)19-12-14-5-7-18-8-6-14/h3-8,11,20H,9-10,12H2,1-2H3,(H,19,21). The number of nitrogens with zero attached hydrogens (tertiary/aromatic N) is 1. The molecule has 0 spiro atoms. The Morgan fingerprint density at radius 1 is 1.20 bits per heavy atom. The van der Waals surface area contributed by atoms with Crippen LogP contribution in [0.2, 0.25) is 0 Å². The number of rotatable bonds is 8. The molecule has 0 bridgehead atoms. The van der Waals surface area contributed by atoms with Crippen molar-refractivity contribution in [3.05, 3.63) is 59.4 Å². The van der Waals surface area contributed by atoms with Gasteiger partial charge in [0.1, 0.15) is 0 Å². The maximum Gasteiger partial charge on any atom is 0.251 e. The molecular weight excluding hydrogens is 342 g/mol. The molecule has 0 fully saturated rings. The molecule has 134 valence electrons. The number of hydrogen-bond acceptors (Lipinski definition) is 5. The van der Waals surface area contributed by atoms with Crippen LogP contribution in [-0.2, 0) is 21.3 Å². The molecule has 2 N–H and O–H groups in total. The van der Waals surface area contributed by atoms with E-state index in [1.165, 1.54) is 19.2 Å².